The van der Waals surface area contributed by atoms with Gasteiger partial charge in [-0.15, -0.1) is 0 Å². The SMILES string of the molecule is CC(C=CC(C)CC(C)C(C)C)=CC(=O)Cl. The van der Waals surface area contributed by atoms with Gasteiger partial charge in [0.2, 0.25) is 5.24 Å². The van der Waals surface area contributed by atoms with E-state index in [9.17, 15) is 4.79 Å². The summed E-state index contributed by atoms with van der Waals surface area (Å²) in [6, 6.07) is 0. The molecule has 0 saturated carbocycles. The molecular weight excluding hydrogens is 220 g/mol. The van der Waals surface area contributed by atoms with Gasteiger partial charge in [-0.05, 0) is 48.3 Å². The number of allylic oxidation sites excluding steroid dienone is 4. The second-order valence-electron chi connectivity index (χ2n) is 4.99. The maximum atomic E-state index is 10.6. The van der Waals surface area contributed by atoms with Gasteiger partial charge in [-0.2, -0.15) is 0 Å². The van der Waals surface area contributed by atoms with Crippen LogP contribution in [0.1, 0.15) is 41.0 Å². The van der Waals surface area contributed by atoms with Gasteiger partial charge in [0.1, 0.15) is 0 Å². The number of carbonyl (C=O) groups is 1. The van der Waals surface area contributed by atoms with E-state index in [1.54, 1.807) is 0 Å². The van der Waals surface area contributed by atoms with Crippen molar-refractivity contribution in [1.29, 1.82) is 0 Å². The van der Waals surface area contributed by atoms with E-state index < -0.39 is 5.24 Å². The van der Waals surface area contributed by atoms with E-state index in [2.05, 4.69) is 33.8 Å². The third-order valence-electron chi connectivity index (χ3n) is 2.91. The molecule has 0 rings (SSSR count). The largest absolute Gasteiger partial charge is 0.276 e. The van der Waals surface area contributed by atoms with Gasteiger partial charge in [-0.3, -0.25) is 4.79 Å². The Morgan fingerprint density at radius 2 is 1.81 bits per heavy atom. The van der Waals surface area contributed by atoms with Crippen LogP contribution in [0.3, 0.4) is 0 Å². The first-order valence-electron chi connectivity index (χ1n) is 5.89. The van der Waals surface area contributed by atoms with Crippen molar-refractivity contribution in [3.63, 3.8) is 0 Å². The summed E-state index contributed by atoms with van der Waals surface area (Å²) in [7, 11) is 0. The molecule has 2 atom stereocenters. The number of rotatable bonds is 6. The average Bonchev–Trinajstić information content (AvgIpc) is 2.13. The van der Waals surface area contributed by atoms with Gasteiger partial charge < -0.3 is 0 Å². The Morgan fingerprint density at radius 3 is 2.25 bits per heavy atom. The predicted octanol–water partition coefficient (Wildman–Crippen LogP) is 4.57. The summed E-state index contributed by atoms with van der Waals surface area (Å²) in [5.41, 5.74) is 0.907. The third kappa shape index (κ3) is 7.70. The molecule has 0 N–H and O–H groups in total. The highest BCUT2D eigenvalue weighted by Gasteiger charge is 2.09. The molecule has 2 heteroatoms. The lowest BCUT2D eigenvalue weighted by Gasteiger charge is -2.17. The van der Waals surface area contributed by atoms with Gasteiger partial charge in [-0.25, -0.2) is 0 Å². The van der Waals surface area contributed by atoms with E-state index >= 15 is 0 Å². The molecule has 0 heterocycles. The minimum Gasteiger partial charge on any atom is -0.276 e. The van der Waals surface area contributed by atoms with E-state index in [0.717, 1.165) is 17.4 Å². The summed E-state index contributed by atoms with van der Waals surface area (Å²) in [6.07, 6.45) is 6.73. The summed E-state index contributed by atoms with van der Waals surface area (Å²) in [5, 5.41) is -0.412. The lowest BCUT2D eigenvalue weighted by molar-refractivity contribution is -0.107. The highest BCUT2D eigenvalue weighted by molar-refractivity contribution is 6.66. The van der Waals surface area contributed by atoms with E-state index in [-0.39, 0.29) is 0 Å². The molecule has 0 bridgehead atoms. The molecule has 0 aliphatic carbocycles. The van der Waals surface area contributed by atoms with Gasteiger partial charge in [0.05, 0.1) is 0 Å². The first-order valence-corrected chi connectivity index (χ1v) is 6.26. The van der Waals surface area contributed by atoms with Crippen LogP contribution in [0.15, 0.2) is 23.8 Å². The van der Waals surface area contributed by atoms with Crippen molar-refractivity contribution < 1.29 is 4.79 Å². The molecule has 1 nitrogen and oxygen atoms in total. The molecule has 0 aromatic rings. The van der Waals surface area contributed by atoms with Crippen LogP contribution in [0.2, 0.25) is 0 Å². The lowest BCUT2D eigenvalue weighted by Crippen LogP contribution is -2.07. The van der Waals surface area contributed by atoms with Gasteiger partial charge in [0, 0.05) is 6.08 Å². The van der Waals surface area contributed by atoms with Crippen molar-refractivity contribution in [3.8, 4) is 0 Å². The van der Waals surface area contributed by atoms with Gasteiger partial charge >= 0.3 is 0 Å². The first kappa shape index (κ1) is 15.4. The number of halogens is 1. The molecule has 92 valence electrons. The molecule has 0 aliphatic heterocycles. The van der Waals surface area contributed by atoms with Crippen LogP contribution in [0.4, 0.5) is 0 Å². The Morgan fingerprint density at radius 1 is 1.25 bits per heavy atom. The molecule has 0 spiro atoms. The molecule has 0 aromatic heterocycles. The number of hydrogen-bond donors (Lipinski definition) is 0. The van der Waals surface area contributed by atoms with E-state index in [4.69, 9.17) is 11.6 Å². The maximum absolute atomic E-state index is 10.6. The van der Waals surface area contributed by atoms with Crippen molar-refractivity contribution in [3.05, 3.63) is 23.8 Å². The highest BCUT2D eigenvalue weighted by Crippen LogP contribution is 2.20. The predicted molar refractivity (Wildman–Crippen MR) is 71.5 cm³/mol. The standard InChI is InChI=1S/C14H23ClO/c1-10(2)13(5)8-11(3)6-7-12(4)9-14(15)16/h6-7,9-11,13H,8H2,1-5H3. The van der Waals surface area contributed by atoms with Crippen LogP contribution < -0.4 is 0 Å². The van der Waals surface area contributed by atoms with Crippen LogP contribution in [0, 0.1) is 17.8 Å². The minimum atomic E-state index is -0.412. The maximum Gasteiger partial charge on any atom is 0.245 e. The molecule has 0 radical (unpaired) electrons. The van der Waals surface area contributed by atoms with Crippen LogP contribution in [0.5, 0.6) is 0 Å². The van der Waals surface area contributed by atoms with Crippen molar-refractivity contribution in [2.45, 2.75) is 41.0 Å². The van der Waals surface area contributed by atoms with Crippen molar-refractivity contribution in [1.82, 2.24) is 0 Å². The molecule has 0 aromatic carbocycles. The Kier molecular flexibility index (Phi) is 7.40. The molecule has 0 aliphatic rings. The van der Waals surface area contributed by atoms with Crippen molar-refractivity contribution >= 4 is 16.8 Å². The quantitative estimate of drug-likeness (QED) is 0.379. The molecule has 0 amide bonds. The number of hydrogen-bond acceptors (Lipinski definition) is 1. The van der Waals surface area contributed by atoms with Crippen molar-refractivity contribution in [2.75, 3.05) is 0 Å². The van der Waals surface area contributed by atoms with E-state index in [1.165, 1.54) is 12.5 Å². The zero-order valence-corrected chi connectivity index (χ0v) is 11.7. The number of carbonyl (C=O) groups excluding carboxylic acids is 1. The van der Waals surface area contributed by atoms with E-state index in [1.807, 2.05) is 13.0 Å². The fourth-order valence-corrected chi connectivity index (χ4v) is 1.65. The molecule has 0 saturated heterocycles. The molecule has 0 fully saturated rings. The van der Waals surface area contributed by atoms with Crippen molar-refractivity contribution in [2.24, 2.45) is 17.8 Å². The zero-order chi connectivity index (χ0) is 12.7. The van der Waals surface area contributed by atoms with Crippen LogP contribution in [0.25, 0.3) is 0 Å². The van der Waals surface area contributed by atoms with Gasteiger partial charge in [-0.1, -0.05) is 39.8 Å². The normalized spacial score (nSPS) is 16.8. The van der Waals surface area contributed by atoms with Crippen LogP contribution >= 0.6 is 11.6 Å². The summed E-state index contributed by atoms with van der Waals surface area (Å²) in [4.78, 5) is 10.6. The summed E-state index contributed by atoms with van der Waals surface area (Å²) >= 11 is 5.26. The van der Waals surface area contributed by atoms with Gasteiger partial charge in [0.25, 0.3) is 0 Å². The van der Waals surface area contributed by atoms with E-state index in [0.29, 0.717) is 5.92 Å². The fourth-order valence-electron chi connectivity index (χ4n) is 1.48. The first-order chi connectivity index (χ1) is 7.32. The molecular formula is C14H23ClO. The monoisotopic (exact) mass is 242 g/mol. The lowest BCUT2D eigenvalue weighted by atomic mass is 9.88. The average molecular weight is 243 g/mol. The Bertz CT molecular complexity index is 276. The summed E-state index contributed by atoms with van der Waals surface area (Å²) in [6.45, 7) is 10.9. The Balaban J connectivity index is 4.19. The summed E-state index contributed by atoms with van der Waals surface area (Å²) < 4.78 is 0. The van der Waals surface area contributed by atoms with Crippen LogP contribution in [-0.2, 0) is 4.79 Å². The summed E-state index contributed by atoms with van der Waals surface area (Å²) in [5.74, 6) is 1.97. The van der Waals surface area contributed by atoms with Crippen LogP contribution in [-0.4, -0.2) is 5.24 Å². The molecule has 16 heavy (non-hydrogen) atoms. The second-order valence-corrected chi connectivity index (χ2v) is 5.36. The zero-order valence-electron chi connectivity index (χ0n) is 11.0. The Labute approximate surface area is 105 Å². The highest BCUT2D eigenvalue weighted by atomic mass is 35.5. The minimum absolute atomic E-state index is 0.412. The fraction of sp³-hybridized carbons (Fsp3) is 0.643. The molecule has 2 unspecified atom stereocenters. The second kappa shape index (κ2) is 7.67. The topological polar surface area (TPSA) is 17.1 Å². The Hall–Kier alpha value is -0.560. The third-order valence-corrected chi connectivity index (χ3v) is 3.02. The smallest absolute Gasteiger partial charge is 0.245 e. The van der Waals surface area contributed by atoms with Gasteiger partial charge in [0.15, 0.2) is 0 Å².